The molecule has 0 spiro atoms. The van der Waals surface area contributed by atoms with E-state index in [1.807, 2.05) is 0 Å². The number of rotatable bonds is 1. The Kier molecular flexibility index (Phi) is 3.07. The van der Waals surface area contributed by atoms with Gasteiger partial charge in [0.15, 0.2) is 0 Å². The van der Waals surface area contributed by atoms with Crippen molar-refractivity contribution in [1.29, 1.82) is 0 Å². The van der Waals surface area contributed by atoms with Gasteiger partial charge in [0, 0.05) is 5.41 Å². The molecule has 20 heavy (non-hydrogen) atoms. The van der Waals surface area contributed by atoms with Gasteiger partial charge < -0.3 is 5.11 Å². The van der Waals surface area contributed by atoms with Crippen LogP contribution in [0.5, 0.6) is 0 Å². The molecule has 0 unspecified atom stereocenters. The van der Waals surface area contributed by atoms with Crippen LogP contribution in [0.3, 0.4) is 0 Å². The van der Waals surface area contributed by atoms with Gasteiger partial charge in [-0.1, -0.05) is 25.0 Å². The average molecular weight is 274 g/mol. The highest BCUT2D eigenvalue weighted by molar-refractivity contribution is 5.24. The second-order valence-electron chi connectivity index (χ2n) is 8.44. The monoisotopic (exact) mass is 274 g/mol. The summed E-state index contributed by atoms with van der Waals surface area (Å²) in [5.74, 6) is 2.68. The van der Waals surface area contributed by atoms with Crippen LogP contribution in [0.15, 0.2) is 11.6 Å². The second-order valence-corrected chi connectivity index (χ2v) is 8.44. The summed E-state index contributed by atoms with van der Waals surface area (Å²) in [6.07, 6.45) is 16.2. The number of aliphatic hydroxyl groups excluding tert-OH is 1. The third kappa shape index (κ3) is 1.65. The van der Waals surface area contributed by atoms with Crippen molar-refractivity contribution in [1.82, 2.24) is 0 Å². The highest BCUT2D eigenvalue weighted by atomic mass is 16.3. The van der Waals surface area contributed by atoms with Gasteiger partial charge in [-0.05, 0) is 81.0 Å². The quantitative estimate of drug-likeness (QED) is 0.687. The minimum Gasteiger partial charge on any atom is -0.395 e. The number of hydrogen-bond acceptors (Lipinski definition) is 1. The largest absolute Gasteiger partial charge is 0.395 e. The molecule has 0 heterocycles. The smallest absolute Gasteiger partial charge is 0.0527 e. The maximum atomic E-state index is 10.3. The van der Waals surface area contributed by atoms with Crippen molar-refractivity contribution >= 4 is 0 Å². The van der Waals surface area contributed by atoms with Crippen molar-refractivity contribution in [3.63, 3.8) is 0 Å². The van der Waals surface area contributed by atoms with Crippen LogP contribution in [0.2, 0.25) is 0 Å². The first-order valence-corrected chi connectivity index (χ1v) is 9.00. The Morgan fingerprint density at radius 2 is 2.00 bits per heavy atom. The van der Waals surface area contributed by atoms with Crippen molar-refractivity contribution in [2.75, 3.05) is 6.61 Å². The summed E-state index contributed by atoms with van der Waals surface area (Å²) >= 11 is 0. The minimum absolute atomic E-state index is 0.199. The summed E-state index contributed by atoms with van der Waals surface area (Å²) < 4.78 is 0. The lowest BCUT2D eigenvalue weighted by atomic mass is 9.47. The molecular formula is C19H30O. The van der Waals surface area contributed by atoms with Gasteiger partial charge in [-0.25, -0.2) is 0 Å². The molecule has 3 saturated carbocycles. The Morgan fingerprint density at radius 1 is 1.10 bits per heavy atom. The Hall–Kier alpha value is -0.300. The van der Waals surface area contributed by atoms with E-state index < -0.39 is 0 Å². The Bertz CT molecular complexity index is 425. The molecule has 0 amide bonds. The van der Waals surface area contributed by atoms with E-state index >= 15 is 0 Å². The van der Waals surface area contributed by atoms with Gasteiger partial charge in [0.25, 0.3) is 0 Å². The first-order valence-electron chi connectivity index (χ1n) is 9.00. The SMILES string of the molecule is C[C@@]12CCC[C@H]1[C@@H]1CCC3=CCCC[C@]3(CO)[C@H]1CC2. The summed E-state index contributed by atoms with van der Waals surface area (Å²) in [6, 6.07) is 0. The first-order chi connectivity index (χ1) is 9.70. The molecule has 4 aliphatic carbocycles. The van der Waals surface area contributed by atoms with E-state index in [2.05, 4.69) is 13.0 Å². The summed E-state index contributed by atoms with van der Waals surface area (Å²) in [5.41, 5.74) is 2.49. The highest BCUT2D eigenvalue weighted by Crippen LogP contribution is 2.65. The fourth-order valence-corrected chi connectivity index (χ4v) is 6.82. The highest BCUT2D eigenvalue weighted by Gasteiger charge is 2.56. The van der Waals surface area contributed by atoms with Crippen LogP contribution >= 0.6 is 0 Å². The van der Waals surface area contributed by atoms with E-state index in [1.54, 1.807) is 5.57 Å². The molecule has 1 N–H and O–H groups in total. The molecule has 5 atom stereocenters. The zero-order valence-corrected chi connectivity index (χ0v) is 13.0. The van der Waals surface area contributed by atoms with Crippen LogP contribution in [0.25, 0.3) is 0 Å². The summed E-state index contributed by atoms with van der Waals surface area (Å²) in [6.45, 7) is 2.99. The van der Waals surface area contributed by atoms with Crippen LogP contribution in [0.1, 0.15) is 71.1 Å². The maximum Gasteiger partial charge on any atom is 0.0527 e. The molecule has 1 nitrogen and oxygen atoms in total. The summed E-state index contributed by atoms with van der Waals surface area (Å²) in [4.78, 5) is 0. The molecule has 0 saturated heterocycles. The van der Waals surface area contributed by atoms with E-state index in [0.717, 1.165) is 17.8 Å². The van der Waals surface area contributed by atoms with Crippen LogP contribution in [-0.4, -0.2) is 11.7 Å². The summed E-state index contributed by atoms with van der Waals surface area (Å²) in [7, 11) is 0. The number of hydrogen-bond donors (Lipinski definition) is 1. The number of fused-ring (bicyclic) bond motifs is 5. The van der Waals surface area contributed by atoms with Gasteiger partial charge in [0.2, 0.25) is 0 Å². The van der Waals surface area contributed by atoms with Crippen molar-refractivity contribution in [3.8, 4) is 0 Å². The topological polar surface area (TPSA) is 20.2 Å². The predicted molar refractivity (Wildman–Crippen MR) is 82.3 cm³/mol. The van der Waals surface area contributed by atoms with Crippen LogP contribution < -0.4 is 0 Å². The number of allylic oxidation sites excluding steroid dienone is 1. The number of aliphatic hydroxyl groups is 1. The lowest BCUT2D eigenvalue weighted by Gasteiger charge is -2.58. The first kappa shape index (κ1) is 13.4. The van der Waals surface area contributed by atoms with E-state index in [4.69, 9.17) is 0 Å². The van der Waals surface area contributed by atoms with Gasteiger partial charge >= 0.3 is 0 Å². The van der Waals surface area contributed by atoms with Gasteiger partial charge in [-0.3, -0.25) is 0 Å². The molecule has 0 aromatic carbocycles. The predicted octanol–water partition coefficient (Wildman–Crippen LogP) is 4.70. The van der Waals surface area contributed by atoms with Crippen molar-refractivity contribution < 1.29 is 5.11 Å². The Labute approximate surface area is 123 Å². The fourth-order valence-electron chi connectivity index (χ4n) is 6.82. The van der Waals surface area contributed by atoms with Crippen molar-refractivity contribution in [2.45, 2.75) is 71.1 Å². The zero-order chi connectivity index (χ0) is 13.8. The molecule has 4 rings (SSSR count). The average Bonchev–Trinajstić information content (AvgIpc) is 2.88. The van der Waals surface area contributed by atoms with E-state index in [0.29, 0.717) is 12.0 Å². The fraction of sp³-hybridized carbons (Fsp3) is 0.895. The van der Waals surface area contributed by atoms with Crippen LogP contribution in [-0.2, 0) is 0 Å². The molecule has 0 bridgehead atoms. The molecule has 0 radical (unpaired) electrons. The van der Waals surface area contributed by atoms with Crippen molar-refractivity contribution in [2.24, 2.45) is 28.6 Å². The van der Waals surface area contributed by atoms with Gasteiger partial charge in [-0.2, -0.15) is 0 Å². The Balaban J connectivity index is 1.71. The summed E-state index contributed by atoms with van der Waals surface area (Å²) in [5, 5.41) is 10.3. The van der Waals surface area contributed by atoms with E-state index in [-0.39, 0.29) is 5.41 Å². The third-order valence-corrected chi connectivity index (χ3v) is 7.81. The van der Waals surface area contributed by atoms with Crippen LogP contribution in [0, 0.1) is 28.6 Å². The van der Waals surface area contributed by atoms with Gasteiger partial charge in [0.05, 0.1) is 6.61 Å². The normalized spacial score (nSPS) is 50.9. The van der Waals surface area contributed by atoms with Crippen LogP contribution in [0.4, 0.5) is 0 Å². The van der Waals surface area contributed by atoms with E-state index in [9.17, 15) is 5.11 Å². The van der Waals surface area contributed by atoms with Gasteiger partial charge in [0.1, 0.15) is 0 Å². The second kappa shape index (κ2) is 4.60. The van der Waals surface area contributed by atoms with E-state index in [1.165, 1.54) is 64.2 Å². The standard InChI is InChI=1S/C19H30O/c1-18-10-4-6-16(18)15-8-7-14-5-2-3-11-19(14,13-20)17(15)9-12-18/h5,15-17,20H,2-4,6-13H2,1H3/t15-,16-,17-,18-,19+/m0/s1. The lowest BCUT2D eigenvalue weighted by molar-refractivity contribution is -0.0638. The molecule has 4 aliphatic rings. The molecule has 0 aliphatic heterocycles. The lowest BCUT2D eigenvalue weighted by Crippen LogP contribution is -2.51. The third-order valence-electron chi connectivity index (χ3n) is 7.81. The molecule has 0 aromatic heterocycles. The van der Waals surface area contributed by atoms with Gasteiger partial charge in [-0.15, -0.1) is 0 Å². The molecule has 1 heteroatoms. The Morgan fingerprint density at radius 3 is 2.85 bits per heavy atom. The molecule has 3 fully saturated rings. The van der Waals surface area contributed by atoms with Crippen molar-refractivity contribution in [3.05, 3.63) is 11.6 Å². The molecular weight excluding hydrogens is 244 g/mol. The molecule has 0 aromatic rings. The zero-order valence-electron chi connectivity index (χ0n) is 13.0. The maximum absolute atomic E-state index is 10.3. The minimum atomic E-state index is 0.199. The molecule has 112 valence electrons.